The van der Waals surface area contributed by atoms with Crippen LogP contribution in [0.15, 0.2) is 18.2 Å². The van der Waals surface area contributed by atoms with Gasteiger partial charge in [-0.05, 0) is 25.1 Å². The third-order valence-electron chi connectivity index (χ3n) is 2.74. The van der Waals surface area contributed by atoms with Crippen molar-refractivity contribution >= 4 is 17.3 Å². The standard InChI is InChI=1S/C11H14ClFN2/c1-8-7-14-4-5-15(8)9-2-3-10(12)11(13)6-9/h2-3,6,8,14H,4-5,7H2,1H3/t8-/m0/s1. The van der Waals surface area contributed by atoms with Crippen molar-refractivity contribution in [2.75, 3.05) is 24.5 Å². The fraction of sp³-hybridized carbons (Fsp3) is 0.455. The fourth-order valence-electron chi connectivity index (χ4n) is 1.89. The molecule has 4 heteroatoms. The van der Waals surface area contributed by atoms with Gasteiger partial charge in [-0.25, -0.2) is 4.39 Å². The highest BCUT2D eigenvalue weighted by atomic mass is 35.5. The number of hydrogen-bond donors (Lipinski definition) is 1. The summed E-state index contributed by atoms with van der Waals surface area (Å²) in [4.78, 5) is 2.19. The Balaban J connectivity index is 2.24. The van der Waals surface area contributed by atoms with Crippen LogP contribution < -0.4 is 10.2 Å². The molecule has 0 amide bonds. The Morgan fingerprint density at radius 1 is 1.53 bits per heavy atom. The lowest BCUT2D eigenvalue weighted by atomic mass is 10.2. The van der Waals surface area contributed by atoms with Gasteiger partial charge in [-0.15, -0.1) is 0 Å². The molecule has 1 saturated heterocycles. The summed E-state index contributed by atoms with van der Waals surface area (Å²) >= 11 is 5.65. The van der Waals surface area contributed by atoms with Crippen LogP contribution in [0, 0.1) is 5.82 Å². The van der Waals surface area contributed by atoms with Crippen molar-refractivity contribution < 1.29 is 4.39 Å². The summed E-state index contributed by atoms with van der Waals surface area (Å²) in [6, 6.07) is 5.37. The molecule has 0 radical (unpaired) electrons. The van der Waals surface area contributed by atoms with E-state index in [1.165, 1.54) is 6.07 Å². The number of piperazine rings is 1. The first kappa shape index (κ1) is 10.7. The predicted molar refractivity (Wildman–Crippen MR) is 61.1 cm³/mol. The molecule has 0 aliphatic carbocycles. The molecule has 0 saturated carbocycles. The number of hydrogen-bond acceptors (Lipinski definition) is 2. The van der Waals surface area contributed by atoms with Crippen LogP contribution in [0.4, 0.5) is 10.1 Å². The van der Waals surface area contributed by atoms with Crippen LogP contribution in [0.5, 0.6) is 0 Å². The second-order valence-electron chi connectivity index (χ2n) is 3.84. The van der Waals surface area contributed by atoms with Crippen molar-refractivity contribution in [1.82, 2.24) is 5.32 Å². The first-order valence-electron chi connectivity index (χ1n) is 5.11. The van der Waals surface area contributed by atoms with Gasteiger partial charge in [0.05, 0.1) is 5.02 Å². The first-order valence-corrected chi connectivity index (χ1v) is 5.48. The van der Waals surface area contributed by atoms with Crippen LogP contribution in [0.1, 0.15) is 6.92 Å². The Morgan fingerprint density at radius 2 is 2.33 bits per heavy atom. The van der Waals surface area contributed by atoms with Gasteiger partial charge in [0.15, 0.2) is 0 Å². The van der Waals surface area contributed by atoms with Crippen molar-refractivity contribution in [1.29, 1.82) is 0 Å². The van der Waals surface area contributed by atoms with Gasteiger partial charge < -0.3 is 10.2 Å². The second-order valence-corrected chi connectivity index (χ2v) is 4.25. The molecule has 0 aromatic heterocycles. The van der Waals surface area contributed by atoms with E-state index in [-0.39, 0.29) is 10.8 Å². The Labute approximate surface area is 94.0 Å². The van der Waals surface area contributed by atoms with Gasteiger partial charge in [0.2, 0.25) is 0 Å². The third-order valence-corrected chi connectivity index (χ3v) is 3.04. The lowest BCUT2D eigenvalue weighted by molar-refractivity contribution is 0.499. The van der Waals surface area contributed by atoms with Crippen LogP contribution in [0.3, 0.4) is 0 Å². The molecule has 1 atom stereocenters. The van der Waals surface area contributed by atoms with E-state index in [4.69, 9.17) is 11.6 Å². The quantitative estimate of drug-likeness (QED) is 0.794. The van der Waals surface area contributed by atoms with Gasteiger partial charge in [-0.3, -0.25) is 0 Å². The molecule has 15 heavy (non-hydrogen) atoms. The van der Waals surface area contributed by atoms with Crippen LogP contribution in [-0.2, 0) is 0 Å². The molecule has 0 spiro atoms. The summed E-state index contributed by atoms with van der Waals surface area (Å²) in [6.45, 7) is 4.90. The van der Waals surface area contributed by atoms with E-state index in [9.17, 15) is 4.39 Å². The second kappa shape index (κ2) is 4.37. The molecule has 1 aromatic carbocycles. The molecule has 1 heterocycles. The molecular formula is C11H14ClFN2. The zero-order valence-corrected chi connectivity index (χ0v) is 9.39. The average molecular weight is 229 g/mol. The Bertz CT molecular complexity index is 356. The molecule has 1 aromatic rings. The van der Waals surface area contributed by atoms with E-state index in [0.29, 0.717) is 6.04 Å². The maximum Gasteiger partial charge on any atom is 0.143 e. The normalized spacial score (nSPS) is 21.8. The van der Waals surface area contributed by atoms with Gasteiger partial charge >= 0.3 is 0 Å². The van der Waals surface area contributed by atoms with Crippen molar-refractivity contribution in [2.45, 2.75) is 13.0 Å². The summed E-state index contributed by atoms with van der Waals surface area (Å²) in [5, 5.41) is 3.48. The number of nitrogens with zero attached hydrogens (tertiary/aromatic N) is 1. The van der Waals surface area contributed by atoms with Crippen LogP contribution in [-0.4, -0.2) is 25.7 Å². The largest absolute Gasteiger partial charge is 0.366 e. The molecule has 1 aliphatic rings. The summed E-state index contributed by atoms with van der Waals surface area (Å²) in [5.74, 6) is -0.347. The van der Waals surface area contributed by atoms with Crippen molar-refractivity contribution in [3.8, 4) is 0 Å². The fourth-order valence-corrected chi connectivity index (χ4v) is 2.01. The van der Waals surface area contributed by atoms with Crippen molar-refractivity contribution in [3.63, 3.8) is 0 Å². The molecule has 2 rings (SSSR count). The Morgan fingerprint density at radius 3 is 3.00 bits per heavy atom. The Kier molecular flexibility index (Phi) is 3.12. The maximum absolute atomic E-state index is 13.3. The van der Waals surface area contributed by atoms with E-state index in [2.05, 4.69) is 17.1 Å². The zero-order valence-electron chi connectivity index (χ0n) is 8.63. The van der Waals surface area contributed by atoms with E-state index in [1.54, 1.807) is 6.07 Å². The van der Waals surface area contributed by atoms with Gasteiger partial charge in [-0.1, -0.05) is 11.6 Å². The highest BCUT2D eigenvalue weighted by molar-refractivity contribution is 6.30. The van der Waals surface area contributed by atoms with Crippen LogP contribution in [0.25, 0.3) is 0 Å². The predicted octanol–water partition coefficient (Wildman–Crippen LogP) is 2.28. The highest BCUT2D eigenvalue weighted by Crippen LogP contribution is 2.23. The minimum absolute atomic E-state index is 0.182. The van der Waals surface area contributed by atoms with Crippen molar-refractivity contribution in [2.24, 2.45) is 0 Å². The third kappa shape index (κ3) is 2.24. The van der Waals surface area contributed by atoms with E-state index in [1.807, 2.05) is 6.07 Å². The van der Waals surface area contributed by atoms with E-state index >= 15 is 0 Å². The Hall–Kier alpha value is -0.800. The SMILES string of the molecule is C[C@H]1CNCCN1c1ccc(Cl)c(F)c1. The van der Waals surface area contributed by atoms with Crippen LogP contribution in [0.2, 0.25) is 5.02 Å². The number of nitrogens with one attached hydrogen (secondary N) is 1. The highest BCUT2D eigenvalue weighted by Gasteiger charge is 2.18. The molecule has 1 fully saturated rings. The summed E-state index contributed by atoms with van der Waals surface area (Å²) in [7, 11) is 0. The minimum Gasteiger partial charge on any atom is -0.366 e. The van der Waals surface area contributed by atoms with Gasteiger partial charge in [-0.2, -0.15) is 0 Å². The van der Waals surface area contributed by atoms with E-state index in [0.717, 1.165) is 25.3 Å². The summed E-state index contributed by atoms with van der Waals surface area (Å²) in [5.41, 5.74) is 0.908. The number of halogens is 2. The first-order chi connectivity index (χ1) is 7.18. The molecule has 2 nitrogen and oxygen atoms in total. The number of anilines is 1. The zero-order chi connectivity index (χ0) is 10.8. The van der Waals surface area contributed by atoms with Gasteiger partial charge in [0.1, 0.15) is 5.82 Å². The maximum atomic E-state index is 13.3. The van der Waals surface area contributed by atoms with Crippen LogP contribution >= 0.6 is 11.6 Å². The molecule has 0 bridgehead atoms. The monoisotopic (exact) mass is 228 g/mol. The minimum atomic E-state index is -0.347. The van der Waals surface area contributed by atoms with Gasteiger partial charge in [0, 0.05) is 31.4 Å². The lowest BCUT2D eigenvalue weighted by Gasteiger charge is -2.35. The topological polar surface area (TPSA) is 15.3 Å². The van der Waals surface area contributed by atoms with Gasteiger partial charge in [0.25, 0.3) is 0 Å². The number of rotatable bonds is 1. The smallest absolute Gasteiger partial charge is 0.143 e. The summed E-state index contributed by atoms with van der Waals surface area (Å²) < 4.78 is 13.3. The average Bonchev–Trinajstić information content (AvgIpc) is 2.23. The molecule has 82 valence electrons. The van der Waals surface area contributed by atoms with E-state index < -0.39 is 0 Å². The summed E-state index contributed by atoms with van der Waals surface area (Å²) in [6.07, 6.45) is 0. The molecular weight excluding hydrogens is 215 g/mol. The molecule has 1 aliphatic heterocycles. The molecule has 0 unspecified atom stereocenters. The van der Waals surface area contributed by atoms with Crippen molar-refractivity contribution in [3.05, 3.63) is 29.0 Å². The lowest BCUT2D eigenvalue weighted by Crippen LogP contribution is -2.49. The molecule has 1 N–H and O–H groups in total. The number of benzene rings is 1.